The van der Waals surface area contributed by atoms with Crippen LogP contribution in [0, 0.1) is 13.8 Å². The normalized spacial score (nSPS) is 12.6. The fraction of sp³-hybridized carbons (Fsp3) is 0.286. The molecule has 0 saturated carbocycles. The van der Waals surface area contributed by atoms with Crippen LogP contribution < -0.4 is 5.56 Å². The molecule has 0 aliphatic rings. The number of pyridine rings is 1. The molecule has 1 atom stereocenters. The van der Waals surface area contributed by atoms with Gasteiger partial charge in [0.05, 0.1) is 24.4 Å². The third kappa shape index (κ3) is 5.08. The summed E-state index contributed by atoms with van der Waals surface area (Å²) >= 11 is 6.15. The molecule has 0 aliphatic carbocycles. The topological polar surface area (TPSA) is 92.8 Å². The van der Waals surface area contributed by atoms with Crippen molar-refractivity contribution in [1.82, 2.24) is 30.1 Å². The highest BCUT2D eigenvalue weighted by molar-refractivity contribution is 6.30. The van der Waals surface area contributed by atoms with E-state index in [9.17, 15) is 4.79 Å². The van der Waals surface area contributed by atoms with Gasteiger partial charge in [0.15, 0.2) is 5.82 Å². The number of nitrogens with zero attached hydrogens (tertiary/aromatic N) is 5. The summed E-state index contributed by atoms with van der Waals surface area (Å²) in [6.07, 6.45) is 1.65. The minimum absolute atomic E-state index is 0.00192. The predicted molar refractivity (Wildman–Crippen MR) is 143 cm³/mol. The fourth-order valence-electron chi connectivity index (χ4n) is 4.66. The molecule has 0 amide bonds. The van der Waals surface area contributed by atoms with Gasteiger partial charge in [-0.05, 0) is 90.5 Å². The fourth-order valence-corrected chi connectivity index (χ4v) is 4.78. The van der Waals surface area contributed by atoms with Gasteiger partial charge < -0.3 is 9.40 Å². The molecule has 5 aromatic rings. The minimum Gasteiger partial charge on any atom is -0.468 e. The number of aromatic amines is 1. The zero-order valence-corrected chi connectivity index (χ0v) is 22.0. The molecular formula is C28H29ClN6O2. The number of furan rings is 1. The van der Waals surface area contributed by atoms with Gasteiger partial charge in [0, 0.05) is 17.1 Å². The van der Waals surface area contributed by atoms with E-state index in [-0.39, 0.29) is 11.6 Å². The molecule has 0 saturated heterocycles. The van der Waals surface area contributed by atoms with Crippen LogP contribution in [0.15, 0.2) is 70.1 Å². The summed E-state index contributed by atoms with van der Waals surface area (Å²) in [5.41, 5.74) is 4.44. The van der Waals surface area contributed by atoms with Crippen LogP contribution in [-0.4, -0.2) is 30.1 Å². The van der Waals surface area contributed by atoms with Crippen molar-refractivity contribution in [2.75, 3.05) is 0 Å². The first-order chi connectivity index (χ1) is 17.8. The number of halogens is 1. The van der Waals surface area contributed by atoms with E-state index in [1.54, 1.807) is 10.9 Å². The minimum atomic E-state index is -0.548. The number of hydrogen-bond acceptors (Lipinski definition) is 6. The lowest BCUT2D eigenvalue weighted by atomic mass is 9.99. The van der Waals surface area contributed by atoms with Crippen LogP contribution in [0.1, 0.15) is 59.8 Å². The van der Waals surface area contributed by atoms with Crippen molar-refractivity contribution in [3.8, 4) is 0 Å². The first kappa shape index (κ1) is 24.9. The van der Waals surface area contributed by atoms with E-state index in [0.717, 1.165) is 33.4 Å². The Balaban J connectivity index is 1.71. The quantitative estimate of drug-likeness (QED) is 0.282. The third-order valence-electron chi connectivity index (χ3n) is 6.73. The molecule has 0 aliphatic heterocycles. The molecule has 1 N–H and O–H groups in total. The molecule has 0 bridgehead atoms. The van der Waals surface area contributed by atoms with Gasteiger partial charge in [0.2, 0.25) is 0 Å². The number of aromatic nitrogens is 5. The molecule has 0 radical (unpaired) electrons. The average molecular weight is 517 g/mol. The Labute approximate surface area is 219 Å². The van der Waals surface area contributed by atoms with E-state index in [0.29, 0.717) is 29.5 Å². The van der Waals surface area contributed by atoms with Crippen molar-refractivity contribution in [2.24, 2.45) is 0 Å². The maximum Gasteiger partial charge on any atom is 0.253 e. The SMILES string of the molecule is Cc1ccc2cc(C(c3nnnn3C(C)C)N(Cc3ccc(Cl)cc3)Cc3ccco3)c(=O)[nH]c2c1C. The molecule has 5 rings (SSSR count). The van der Waals surface area contributed by atoms with E-state index in [2.05, 4.69) is 31.5 Å². The second-order valence-electron chi connectivity index (χ2n) is 9.61. The van der Waals surface area contributed by atoms with Gasteiger partial charge in [-0.2, -0.15) is 0 Å². The highest BCUT2D eigenvalue weighted by Crippen LogP contribution is 2.32. The van der Waals surface area contributed by atoms with Gasteiger partial charge in [-0.1, -0.05) is 35.9 Å². The summed E-state index contributed by atoms with van der Waals surface area (Å²) in [5, 5.41) is 14.3. The van der Waals surface area contributed by atoms with Crippen molar-refractivity contribution in [3.63, 3.8) is 0 Å². The zero-order valence-electron chi connectivity index (χ0n) is 21.3. The lowest BCUT2D eigenvalue weighted by molar-refractivity contribution is 0.177. The molecule has 0 spiro atoms. The molecular weight excluding hydrogens is 488 g/mol. The van der Waals surface area contributed by atoms with Crippen LogP contribution in [0.25, 0.3) is 10.9 Å². The van der Waals surface area contributed by atoms with Crippen molar-refractivity contribution in [2.45, 2.75) is 52.9 Å². The Bertz CT molecular complexity index is 1570. The zero-order chi connectivity index (χ0) is 26.1. The van der Waals surface area contributed by atoms with Crippen molar-refractivity contribution >= 4 is 22.5 Å². The average Bonchev–Trinajstić information content (AvgIpc) is 3.56. The number of aryl methyl sites for hydroxylation is 2. The van der Waals surface area contributed by atoms with E-state index in [1.165, 1.54) is 0 Å². The van der Waals surface area contributed by atoms with Crippen LogP contribution in [0.2, 0.25) is 5.02 Å². The Morgan fingerprint density at radius 3 is 2.57 bits per heavy atom. The van der Waals surface area contributed by atoms with E-state index in [4.69, 9.17) is 16.0 Å². The molecule has 3 heterocycles. The molecule has 9 heteroatoms. The largest absolute Gasteiger partial charge is 0.468 e. The third-order valence-corrected chi connectivity index (χ3v) is 6.98. The Morgan fingerprint density at radius 2 is 1.86 bits per heavy atom. The van der Waals surface area contributed by atoms with Crippen LogP contribution in [-0.2, 0) is 13.1 Å². The van der Waals surface area contributed by atoms with Crippen LogP contribution in [0.3, 0.4) is 0 Å². The number of rotatable bonds is 8. The van der Waals surface area contributed by atoms with Crippen molar-refractivity contribution in [3.05, 3.63) is 110 Å². The molecule has 8 nitrogen and oxygen atoms in total. The summed E-state index contributed by atoms with van der Waals surface area (Å²) in [6, 6.07) is 17.0. The monoisotopic (exact) mass is 516 g/mol. The summed E-state index contributed by atoms with van der Waals surface area (Å²) < 4.78 is 7.49. The van der Waals surface area contributed by atoms with E-state index in [1.807, 2.05) is 76.2 Å². The summed E-state index contributed by atoms with van der Waals surface area (Å²) in [4.78, 5) is 19.0. The Kier molecular flexibility index (Phi) is 6.95. The molecule has 1 unspecified atom stereocenters. The molecule has 190 valence electrons. The molecule has 0 fully saturated rings. The molecule has 3 aromatic heterocycles. The number of hydrogen-bond donors (Lipinski definition) is 1. The number of fused-ring (bicyclic) bond motifs is 1. The number of benzene rings is 2. The number of nitrogens with one attached hydrogen (secondary N) is 1. The highest BCUT2D eigenvalue weighted by Gasteiger charge is 2.32. The second-order valence-corrected chi connectivity index (χ2v) is 10.1. The maximum atomic E-state index is 13.7. The van der Waals surface area contributed by atoms with Crippen LogP contribution in [0.4, 0.5) is 0 Å². The van der Waals surface area contributed by atoms with Crippen LogP contribution >= 0.6 is 11.6 Å². The highest BCUT2D eigenvalue weighted by atomic mass is 35.5. The summed E-state index contributed by atoms with van der Waals surface area (Å²) in [6.45, 7) is 9.05. The Hall–Kier alpha value is -3.75. The van der Waals surface area contributed by atoms with Gasteiger partial charge >= 0.3 is 0 Å². The van der Waals surface area contributed by atoms with Gasteiger partial charge in [0.1, 0.15) is 11.8 Å². The lowest BCUT2D eigenvalue weighted by Crippen LogP contribution is -2.35. The number of H-pyrrole nitrogens is 1. The maximum absolute atomic E-state index is 13.7. The van der Waals surface area contributed by atoms with Gasteiger partial charge in [-0.3, -0.25) is 9.69 Å². The van der Waals surface area contributed by atoms with Gasteiger partial charge in [0.25, 0.3) is 5.56 Å². The van der Waals surface area contributed by atoms with Crippen molar-refractivity contribution in [1.29, 1.82) is 0 Å². The first-order valence-corrected chi connectivity index (χ1v) is 12.6. The van der Waals surface area contributed by atoms with E-state index >= 15 is 0 Å². The smallest absolute Gasteiger partial charge is 0.253 e. The summed E-state index contributed by atoms with van der Waals surface area (Å²) in [7, 11) is 0. The van der Waals surface area contributed by atoms with Crippen molar-refractivity contribution < 1.29 is 4.42 Å². The Morgan fingerprint density at radius 1 is 1.08 bits per heavy atom. The van der Waals surface area contributed by atoms with Gasteiger partial charge in [-0.15, -0.1) is 5.10 Å². The lowest BCUT2D eigenvalue weighted by Gasteiger charge is -2.31. The van der Waals surface area contributed by atoms with Gasteiger partial charge in [-0.25, -0.2) is 4.68 Å². The van der Waals surface area contributed by atoms with Crippen LogP contribution in [0.5, 0.6) is 0 Å². The standard InChI is InChI=1S/C28H29ClN6O2/c1-17(2)35-27(31-32-33-35)26(24-14-21-10-7-18(3)19(4)25(21)30-28(24)36)34(16-23-6-5-13-37-23)15-20-8-11-22(29)12-9-20/h5-14,17,26H,15-16H2,1-4H3,(H,30,36). The van der Waals surface area contributed by atoms with E-state index < -0.39 is 6.04 Å². The first-order valence-electron chi connectivity index (χ1n) is 12.2. The number of tetrazole rings is 1. The second kappa shape index (κ2) is 10.3. The summed E-state index contributed by atoms with van der Waals surface area (Å²) in [5.74, 6) is 1.36. The molecule has 37 heavy (non-hydrogen) atoms. The predicted octanol–water partition coefficient (Wildman–Crippen LogP) is 5.75. The molecule has 2 aromatic carbocycles.